The molecule has 0 radical (unpaired) electrons. The van der Waals surface area contributed by atoms with Crippen molar-refractivity contribution in [3.63, 3.8) is 0 Å². The van der Waals surface area contributed by atoms with Gasteiger partial charge < -0.3 is 15.2 Å². The van der Waals surface area contributed by atoms with Gasteiger partial charge in [-0.15, -0.1) is 0 Å². The van der Waals surface area contributed by atoms with E-state index in [1.807, 2.05) is 13.8 Å². The van der Waals surface area contributed by atoms with Gasteiger partial charge in [0.15, 0.2) is 0 Å². The van der Waals surface area contributed by atoms with E-state index >= 15 is 0 Å². The van der Waals surface area contributed by atoms with Crippen molar-refractivity contribution in [2.24, 2.45) is 11.7 Å². The molecule has 0 aliphatic carbocycles. The molecule has 2 unspecified atom stereocenters. The quantitative estimate of drug-likeness (QED) is 0.685. The second-order valence-electron chi connectivity index (χ2n) is 3.96. The van der Waals surface area contributed by atoms with E-state index in [1.165, 1.54) is 0 Å². The van der Waals surface area contributed by atoms with Crippen LogP contribution in [0.1, 0.15) is 20.3 Å². The minimum absolute atomic E-state index is 0.0741. The summed E-state index contributed by atoms with van der Waals surface area (Å²) in [6.07, 6.45) is 1.06. The Bertz CT molecular complexity index is 141. The monoisotopic (exact) mass is 173 g/mol. The van der Waals surface area contributed by atoms with E-state index in [-0.39, 0.29) is 11.6 Å². The number of hydrogen-bond donors (Lipinski definition) is 1. The van der Waals surface area contributed by atoms with Gasteiger partial charge in [0.25, 0.3) is 0 Å². The lowest BCUT2D eigenvalue weighted by atomic mass is 9.87. The molecule has 3 nitrogen and oxygen atoms in total. The average Bonchev–Trinajstić information content (AvgIpc) is 2.55. The van der Waals surface area contributed by atoms with Crippen LogP contribution < -0.4 is 5.73 Å². The largest absolute Gasteiger partial charge is 0.381 e. The Hall–Kier alpha value is -0.120. The molecule has 0 spiro atoms. The lowest BCUT2D eigenvalue weighted by Gasteiger charge is -2.33. The summed E-state index contributed by atoms with van der Waals surface area (Å²) in [5.41, 5.74) is 5.82. The lowest BCUT2D eigenvalue weighted by molar-refractivity contribution is -0.0165. The summed E-state index contributed by atoms with van der Waals surface area (Å²) in [6.45, 7) is 5.68. The molecule has 0 bridgehead atoms. The molecule has 1 rings (SSSR count). The smallest absolute Gasteiger partial charge is 0.0776 e. The lowest BCUT2D eigenvalue weighted by Crippen LogP contribution is -2.49. The number of rotatable bonds is 3. The Labute approximate surface area is 74.2 Å². The van der Waals surface area contributed by atoms with Crippen molar-refractivity contribution in [3.05, 3.63) is 0 Å². The van der Waals surface area contributed by atoms with Gasteiger partial charge in [-0.05, 0) is 20.3 Å². The van der Waals surface area contributed by atoms with Crippen LogP contribution in [0.4, 0.5) is 0 Å². The summed E-state index contributed by atoms with van der Waals surface area (Å²) in [6, 6.07) is 0.0741. The van der Waals surface area contributed by atoms with Gasteiger partial charge in [0.1, 0.15) is 0 Å². The van der Waals surface area contributed by atoms with Crippen molar-refractivity contribution in [2.45, 2.75) is 31.9 Å². The molecule has 0 aromatic heterocycles. The highest BCUT2D eigenvalue weighted by molar-refractivity contribution is 4.89. The van der Waals surface area contributed by atoms with Gasteiger partial charge in [-0.2, -0.15) is 0 Å². The Balaban J connectivity index is 2.50. The molecule has 1 heterocycles. The van der Waals surface area contributed by atoms with Gasteiger partial charge in [0.05, 0.1) is 12.2 Å². The maximum atomic E-state index is 6.06. The van der Waals surface area contributed by atoms with Crippen molar-refractivity contribution < 1.29 is 9.47 Å². The molecule has 1 aliphatic rings. The fourth-order valence-corrected chi connectivity index (χ4v) is 1.54. The van der Waals surface area contributed by atoms with E-state index in [9.17, 15) is 0 Å². The highest BCUT2D eigenvalue weighted by atomic mass is 16.5. The van der Waals surface area contributed by atoms with E-state index in [0.717, 1.165) is 19.6 Å². The molecule has 1 aliphatic heterocycles. The molecule has 1 fully saturated rings. The van der Waals surface area contributed by atoms with E-state index in [1.54, 1.807) is 7.11 Å². The Morgan fingerprint density at radius 2 is 2.25 bits per heavy atom. The van der Waals surface area contributed by atoms with Crippen LogP contribution in [0.25, 0.3) is 0 Å². The normalized spacial score (nSPS) is 27.5. The fourth-order valence-electron chi connectivity index (χ4n) is 1.54. The predicted octanol–water partition coefficient (Wildman–Crippen LogP) is 0.775. The van der Waals surface area contributed by atoms with E-state index in [2.05, 4.69) is 0 Å². The minimum Gasteiger partial charge on any atom is -0.381 e. The van der Waals surface area contributed by atoms with Crippen LogP contribution in [0.15, 0.2) is 0 Å². The van der Waals surface area contributed by atoms with Gasteiger partial charge in [-0.25, -0.2) is 0 Å². The first-order valence-electron chi connectivity index (χ1n) is 4.46. The third-order valence-corrected chi connectivity index (χ3v) is 2.80. The van der Waals surface area contributed by atoms with Gasteiger partial charge in [0.2, 0.25) is 0 Å². The zero-order valence-electron chi connectivity index (χ0n) is 8.17. The van der Waals surface area contributed by atoms with E-state index < -0.39 is 0 Å². The standard InChI is InChI=1S/C9H19NO2/c1-9(2,11-3)8(10)7-4-5-12-6-7/h7-8H,4-6,10H2,1-3H3. The van der Waals surface area contributed by atoms with Gasteiger partial charge in [-0.3, -0.25) is 0 Å². The summed E-state index contributed by atoms with van der Waals surface area (Å²) in [5, 5.41) is 0. The summed E-state index contributed by atoms with van der Waals surface area (Å²) in [7, 11) is 1.70. The van der Waals surface area contributed by atoms with Crippen molar-refractivity contribution in [1.29, 1.82) is 0 Å². The first-order valence-corrected chi connectivity index (χ1v) is 4.46. The molecule has 1 saturated heterocycles. The van der Waals surface area contributed by atoms with Crippen LogP contribution >= 0.6 is 0 Å². The highest BCUT2D eigenvalue weighted by Gasteiger charge is 2.34. The molecule has 0 amide bonds. The van der Waals surface area contributed by atoms with Gasteiger partial charge in [0, 0.05) is 25.7 Å². The van der Waals surface area contributed by atoms with Crippen LogP contribution in [-0.2, 0) is 9.47 Å². The number of hydrogen-bond acceptors (Lipinski definition) is 3. The zero-order chi connectivity index (χ0) is 9.19. The van der Waals surface area contributed by atoms with Crippen LogP contribution in [0.2, 0.25) is 0 Å². The summed E-state index contributed by atoms with van der Waals surface area (Å²) in [5.74, 6) is 0.458. The molecular formula is C9H19NO2. The molecule has 2 N–H and O–H groups in total. The Morgan fingerprint density at radius 1 is 1.58 bits per heavy atom. The predicted molar refractivity (Wildman–Crippen MR) is 48.0 cm³/mol. The molecule has 2 atom stereocenters. The Kier molecular flexibility index (Phi) is 3.09. The molecule has 0 aromatic carbocycles. The maximum absolute atomic E-state index is 6.06. The van der Waals surface area contributed by atoms with Crippen molar-refractivity contribution in [2.75, 3.05) is 20.3 Å². The Morgan fingerprint density at radius 3 is 2.67 bits per heavy atom. The number of methoxy groups -OCH3 is 1. The molecule has 0 aromatic rings. The fraction of sp³-hybridized carbons (Fsp3) is 1.00. The minimum atomic E-state index is -0.238. The average molecular weight is 173 g/mol. The third kappa shape index (κ3) is 1.97. The zero-order valence-corrected chi connectivity index (χ0v) is 8.17. The summed E-state index contributed by atoms with van der Waals surface area (Å²) >= 11 is 0. The number of ether oxygens (including phenoxy) is 2. The van der Waals surface area contributed by atoms with Gasteiger partial charge >= 0.3 is 0 Å². The second-order valence-corrected chi connectivity index (χ2v) is 3.96. The molecule has 72 valence electrons. The molecule has 12 heavy (non-hydrogen) atoms. The molecular weight excluding hydrogens is 154 g/mol. The topological polar surface area (TPSA) is 44.5 Å². The summed E-state index contributed by atoms with van der Waals surface area (Å²) < 4.78 is 10.6. The third-order valence-electron chi connectivity index (χ3n) is 2.80. The van der Waals surface area contributed by atoms with Crippen molar-refractivity contribution >= 4 is 0 Å². The van der Waals surface area contributed by atoms with Crippen LogP contribution in [-0.4, -0.2) is 32.0 Å². The second kappa shape index (κ2) is 3.73. The van der Waals surface area contributed by atoms with E-state index in [0.29, 0.717) is 5.92 Å². The van der Waals surface area contributed by atoms with Crippen LogP contribution in [0.5, 0.6) is 0 Å². The van der Waals surface area contributed by atoms with Crippen LogP contribution in [0.3, 0.4) is 0 Å². The number of nitrogens with two attached hydrogens (primary N) is 1. The van der Waals surface area contributed by atoms with E-state index in [4.69, 9.17) is 15.2 Å². The first kappa shape index (κ1) is 9.96. The first-order chi connectivity index (χ1) is 5.58. The molecule has 0 saturated carbocycles. The van der Waals surface area contributed by atoms with Crippen LogP contribution in [0, 0.1) is 5.92 Å². The molecule has 3 heteroatoms. The summed E-state index contributed by atoms with van der Waals surface area (Å²) in [4.78, 5) is 0. The highest BCUT2D eigenvalue weighted by Crippen LogP contribution is 2.24. The van der Waals surface area contributed by atoms with Gasteiger partial charge in [-0.1, -0.05) is 0 Å². The SMILES string of the molecule is COC(C)(C)C(N)C1CCOC1. The van der Waals surface area contributed by atoms with Crippen molar-refractivity contribution in [3.8, 4) is 0 Å². The van der Waals surface area contributed by atoms with Crippen molar-refractivity contribution in [1.82, 2.24) is 0 Å². The maximum Gasteiger partial charge on any atom is 0.0776 e.